The minimum absolute atomic E-state index is 0.0574. The number of urea groups is 1. The number of thiazole rings is 1. The lowest BCUT2D eigenvalue weighted by atomic mass is 10.2. The van der Waals surface area contributed by atoms with Crippen LogP contribution >= 0.6 is 34.5 Å². The minimum Gasteiger partial charge on any atom is -0.326 e. The standard InChI is InChI=1S/C19H16Cl2N4O2S/c1-11-3-2-4-14(5-11)23-18(27)25-19-24-16(10-28-19)9-17(26)22-15-7-12(20)6-13(21)8-15/h2-8,10H,9H2,1H3,(H,22,26)(H2,23,24,25,27). The van der Waals surface area contributed by atoms with Crippen molar-refractivity contribution in [1.29, 1.82) is 0 Å². The molecule has 3 N–H and O–H groups in total. The van der Waals surface area contributed by atoms with E-state index >= 15 is 0 Å². The number of carbonyl (C=O) groups excluding carboxylic acids is 2. The molecule has 0 aliphatic carbocycles. The molecule has 0 spiro atoms. The number of aromatic nitrogens is 1. The molecule has 0 bridgehead atoms. The number of carbonyl (C=O) groups is 2. The first kappa shape index (κ1) is 20.1. The van der Waals surface area contributed by atoms with Gasteiger partial charge in [0.2, 0.25) is 5.91 Å². The molecule has 1 aromatic heterocycles. The quantitative estimate of drug-likeness (QED) is 0.489. The van der Waals surface area contributed by atoms with Crippen molar-refractivity contribution in [2.45, 2.75) is 13.3 Å². The molecule has 0 saturated heterocycles. The third kappa shape index (κ3) is 5.95. The van der Waals surface area contributed by atoms with E-state index in [0.29, 0.717) is 32.2 Å². The van der Waals surface area contributed by atoms with Crippen LogP contribution in [0.3, 0.4) is 0 Å². The largest absolute Gasteiger partial charge is 0.326 e. The summed E-state index contributed by atoms with van der Waals surface area (Å²) in [6.07, 6.45) is 0.0574. The molecule has 0 fully saturated rings. The second-order valence-corrected chi connectivity index (χ2v) is 7.71. The SMILES string of the molecule is Cc1cccc(NC(=O)Nc2nc(CC(=O)Nc3cc(Cl)cc(Cl)c3)cs2)c1. The number of rotatable bonds is 5. The Kier molecular flexibility index (Phi) is 6.51. The van der Waals surface area contributed by atoms with Gasteiger partial charge in [0.15, 0.2) is 5.13 Å². The molecule has 6 nitrogen and oxygen atoms in total. The van der Waals surface area contributed by atoms with Crippen LogP contribution < -0.4 is 16.0 Å². The van der Waals surface area contributed by atoms with Gasteiger partial charge in [0.1, 0.15) is 0 Å². The van der Waals surface area contributed by atoms with E-state index in [1.54, 1.807) is 29.6 Å². The fraction of sp³-hybridized carbons (Fsp3) is 0.105. The zero-order chi connectivity index (χ0) is 20.1. The van der Waals surface area contributed by atoms with Gasteiger partial charge < -0.3 is 10.6 Å². The Morgan fingerprint density at radius 1 is 1.00 bits per heavy atom. The van der Waals surface area contributed by atoms with Crippen molar-refractivity contribution >= 4 is 63.0 Å². The van der Waals surface area contributed by atoms with Gasteiger partial charge >= 0.3 is 6.03 Å². The fourth-order valence-electron chi connectivity index (χ4n) is 2.42. The number of nitrogens with zero attached hydrogens (tertiary/aromatic N) is 1. The van der Waals surface area contributed by atoms with Gasteiger partial charge in [-0.2, -0.15) is 0 Å². The van der Waals surface area contributed by atoms with Gasteiger partial charge in [-0.25, -0.2) is 9.78 Å². The normalized spacial score (nSPS) is 10.4. The second kappa shape index (κ2) is 9.05. The summed E-state index contributed by atoms with van der Waals surface area (Å²) in [7, 11) is 0. The van der Waals surface area contributed by atoms with Crippen molar-refractivity contribution < 1.29 is 9.59 Å². The van der Waals surface area contributed by atoms with Crippen LogP contribution in [0.5, 0.6) is 0 Å². The lowest BCUT2D eigenvalue weighted by Crippen LogP contribution is -2.19. The van der Waals surface area contributed by atoms with Crippen molar-refractivity contribution in [2.75, 3.05) is 16.0 Å². The molecule has 0 unspecified atom stereocenters. The van der Waals surface area contributed by atoms with E-state index in [0.717, 1.165) is 5.56 Å². The monoisotopic (exact) mass is 434 g/mol. The molecule has 3 aromatic rings. The van der Waals surface area contributed by atoms with Crippen LogP contribution in [0.4, 0.5) is 21.3 Å². The number of amides is 3. The van der Waals surface area contributed by atoms with Gasteiger partial charge in [0.05, 0.1) is 12.1 Å². The van der Waals surface area contributed by atoms with Gasteiger partial charge in [-0.1, -0.05) is 35.3 Å². The molecular weight excluding hydrogens is 419 g/mol. The van der Waals surface area contributed by atoms with Crippen molar-refractivity contribution in [2.24, 2.45) is 0 Å². The summed E-state index contributed by atoms with van der Waals surface area (Å²) in [6.45, 7) is 1.94. The Morgan fingerprint density at radius 3 is 2.46 bits per heavy atom. The van der Waals surface area contributed by atoms with E-state index in [-0.39, 0.29) is 12.3 Å². The molecule has 9 heteroatoms. The highest BCUT2D eigenvalue weighted by Crippen LogP contribution is 2.23. The Hall–Kier alpha value is -2.61. The molecule has 3 rings (SSSR count). The number of aryl methyl sites for hydroxylation is 1. The van der Waals surface area contributed by atoms with E-state index in [4.69, 9.17) is 23.2 Å². The summed E-state index contributed by atoms with van der Waals surface area (Å²) in [4.78, 5) is 28.5. The van der Waals surface area contributed by atoms with Crippen LogP contribution in [-0.2, 0) is 11.2 Å². The molecule has 144 valence electrons. The Bertz CT molecular complexity index is 1000. The van der Waals surface area contributed by atoms with Crippen LogP contribution in [0.1, 0.15) is 11.3 Å². The highest BCUT2D eigenvalue weighted by atomic mass is 35.5. The number of benzene rings is 2. The van der Waals surface area contributed by atoms with Gasteiger partial charge in [0, 0.05) is 26.8 Å². The fourth-order valence-corrected chi connectivity index (χ4v) is 3.65. The predicted molar refractivity (Wildman–Crippen MR) is 115 cm³/mol. The maximum Gasteiger partial charge on any atom is 0.325 e. The molecule has 0 atom stereocenters. The van der Waals surface area contributed by atoms with Crippen molar-refractivity contribution in [3.05, 3.63) is 69.1 Å². The first-order valence-electron chi connectivity index (χ1n) is 8.22. The third-order valence-electron chi connectivity index (χ3n) is 3.54. The van der Waals surface area contributed by atoms with E-state index in [2.05, 4.69) is 20.9 Å². The molecule has 3 amide bonds. The van der Waals surface area contributed by atoms with Gasteiger partial charge in [0.25, 0.3) is 0 Å². The van der Waals surface area contributed by atoms with E-state index < -0.39 is 6.03 Å². The van der Waals surface area contributed by atoms with Gasteiger partial charge in [-0.05, 0) is 42.8 Å². The molecule has 28 heavy (non-hydrogen) atoms. The van der Waals surface area contributed by atoms with Gasteiger partial charge in [-0.15, -0.1) is 11.3 Å². The van der Waals surface area contributed by atoms with Crippen LogP contribution in [-0.4, -0.2) is 16.9 Å². The first-order valence-corrected chi connectivity index (χ1v) is 9.86. The molecule has 0 radical (unpaired) electrons. The summed E-state index contributed by atoms with van der Waals surface area (Å²) in [6, 6.07) is 11.9. The lowest BCUT2D eigenvalue weighted by Gasteiger charge is -2.06. The van der Waals surface area contributed by atoms with E-state index in [1.165, 1.54) is 11.3 Å². The Morgan fingerprint density at radius 2 is 1.75 bits per heavy atom. The minimum atomic E-state index is -0.399. The molecule has 0 aliphatic heterocycles. The van der Waals surface area contributed by atoms with Crippen molar-refractivity contribution in [1.82, 2.24) is 4.98 Å². The zero-order valence-electron chi connectivity index (χ0n) is 14.8. The number of hydrogen-bond donors (Lipinski definition) is 3. The second-order valence-electron chi connectivity index (χ2n) is 5.98. The summed E-state index contributed by atoms with van der Waals surface area (Å²) in [5, 5.41) is 11.1. The predicted octanol–water partition coefficient (Wildman–Crippen LogP) is 5.58. The Balaban J connectivity index is 1.54. The highest BCUT2D eigenvalue weighted by Gasteiger charge is 2.11. The van der Waals surface area contributed by atoms with Crippen molar-refractivity contribution in [3.63, 3.8) is 0 Å². The maximum atomic E-state index is 12.2. The summed E-state index contributed by atoms with van der Waals surface area (Å²) >= 11 is 13.1. The number of anilines is 3. The molecule has 2 aromatic carbocycles. The molecule has 0 saturated carbocycles. The topological polar surface area (TPSA) is 83.1 Å². The summed E-state index contributed by atoms with van der Waals surface area (Å²) in [5.41, 5.74) is 2.78. The smallest absolute Gasteiger partial charge is 0.325 e. The Labute approximate surface area is 175 Å². The number of hydrogen-bond acceptors (Lipinski definition) is 4. The molecule has 1 heterocycles. The molecular formula is C19H16Cl2N4O2S. The van der Waals surface area contributed by atoms with Crippen LogP contribution in [0.25, 0.3) is 0 Å². The van der Waals surface area contributed by atoms with Gasteiger partial charge in [-0.3, -0.25) is 10.1 Å². The third-order valence-corrected chi connectivity index (χ3v) is 4.78. The number of halogens is 2. The highest BCUT2D eigenvalue weighted by molar-refractivity contribution is 7.14. The van der Waals surface area contributed by atoms with Crippen molar-refractivity contribution in [3.8, 4) is 0 Å². The van der Waals surface area contributed by atoms with Crippen LogP contribution in [0.2, 0.25) is 10.0 Å². The van der Waals surface area contributed by atoms with Crippen LogP contribution in [0, 0.1) is 6.92 Å². The lowest BCUT2D eigenvalue weighted by molar-refractivity contribution is -0.115. The van der Waals surface area contributed by atoms with E-state index in [1.807, 2.05) is 25.1 Å². The first-order chi connectivity index (χ1) is 13.4. The number of nitrogens with one attached hydrogen (secondary N) is 3. The summed E-state index contributed by atoms with van der Waals surface area (Å²) in [5.74, 6) is -0.264. The average Bonchev–Trinajstić information content (AvgIpc) is 3.00. The van der Waals surface area contributed by atoms with E-state index in [9.17, 15) is 9.59 Å². The average molecular weight is 435 g/mol. The summed E-state index contributed by atoms with van der Waals surface area (Å²) < 4.78 is 0. The zero-order valence-corrected chi connectivity index (χ0v) is 17.1. The molecule has 0 aliphatic rings. The maximum absolute atomic E-state index is 12.2. The van der Waals surface area contributed by atoms with Crippen LogP contribution in [0.15, 0.2) is 47.8 Å².